The molecule has 0 bridgehead atoms. The molecule has 0 unspecified atom stereocenters. The van der Waals surface area contributed by atoms with Crippen molar-refractivity contribution < 1.29 is 4.79 Å². The Balaban J connectivity index is 1.93. The predicted molar refractivity (Wildman–Crippen MR) is 88.1 cm³/mol. The molecule has 0 atom stereocenters. The molecule has 0 saturated heterocycles. The Kier molecular flexibility index (Phi) is 3.76. The molecule has 1 aliphatic carbocycles. The molecule has 0 amide bonds. The number of hydrogen-bond donors (Lipinski definition) is 0. The van der Waals surface area contributed by atoms with Gasteiger partial charge in [0.2, 0.25) is 0 Å². The Morgan fingerprint density at radius 3 is 2.73 bits per heavy atom. The summed E-state index contributed by atoms with van der Waals surface area (Å²) in [5.41, 5.74) is 3.11. The van der Waals surface area contributed by atoms with Gasteiger partial charge in [-0.05, 0) is 48.1 Å². The molecule has 3 rings (SSSR count). The van der Waals surface area contributed by atoms with Crippen LogP contribution < -0.4 is 0 Å². The molecule has 0 fully saturated rings. The summed E-state index contributed by atoms with van der Waals surface area (Å²) in [5, 5.41) is 0.664. The lowest BCUT2D eigenvalue weighted by molar-refractivity contribution is 0.0910. The third kappa shape index (κ3) is 3.21. The quantitative estimate of drug-likeness (QED) is 0.680. The maximum atomic E-state index is 12.1. The van der Waals surface area contributed by atoms with Crippen LogP contribution in [0, 0.1) is 17.3 Å². The van der Waals surface area contributed by atoms with E-state index in [1.54, 1.807) is 0 Å². The standard InChI is InChI=1S/C19H16ClNO/c1-19(2)11-17-16(18(22)12-19)9-8-15(21-17)7-6-13-4-3-5-14(20)10-13/h3-5,8-10H,11-12H2,1-2H3. The smallest absolute Gasteiger partial charge is 0.165 e. The van der Waals surface area contributed by atoms with Crippen LogP contribution in [0.15, 0.2) is 36.4 Å². The first-order valence-corrected chi connectivity index (χ1v) is 7.61. The summed E-state index contributed by atoms with van der Waals surface area (Å²) in [6.07, 6.45) is 1.38. The van der Waals surface area contributed by atoms with Crippen molar-refractivity contribution in [3.05, 3.63) is 63.9 Å². The van der Waals surface area contributed by atoms with Crippen LogP contribution in [0.25, 0.3) is 0 Å². The highest BCUT2D eigenvalue weighted by Gasteiger charge is 2.31. The van der Waals surface area contributed by atoms with Crippen LogP contribution in [0.1, 0.15) is 47.6 Å². The first-order valence-electron chi connectivity index (χ1n) is 7.24. The number of halogens is 1. The molecular formula is C19H16ClNO. The Labute approximate surface area is 135 Å². The molecule has 2 nitrogen and oxygen atoms in total. The van der Waals surface area contributed by atoms with E-state index in [9.17, 15) is 4.79 Å². The van der Waals surface area contributed by atoms with Crippen molar-refractivity contribution >= 4 is 17.4 Å². The zero-order valence-electron chi connectivity index (χ0n) is 12.6. The molecule has 1 aliphatic rings. The topological polar surface area (TPSA) is 30.0 Å². The number of rotatable bonds is 0. The van der Waals surface area contributed by atoms with Crippen molar-refractivity contribution in [1.82, 2.24) is 4.98 Å². The van der Waals surface area contributed by atoms with E-state index in [1.807, 2.05) is 36.4 Å². The van der Waals surface area contributed by atoms with Gasteiger partial charge in [0.05, 0.1) is 5.69 Å². The second-order valence-electron chi connectivity index (χ2n) is 6.39. The SMILES string of the molecule is CC1(C)CC(=O)c2ccc(C#Cc3cccc(Cl)c3)nc2C1. The Hall–Kier alpha value is -2.11. The molecule has 3 heteroatoms. The fourth-order valence-corrected chi connectivity index (χ4v) is 2.90. The number of pyridine rings is 1. The Morgan fingerprint density at radius 2 is 1.95 bits per heavy atom. The molecule has 1 aromatic heterocycles. The predicted octanol–water partition coefficient (Wildman–Crippen LogP) is 4.29. The monoisotopic (exact) mass is 309 g/mol. The summed E-state index contributed by atoms with van der Waals surface area (Å²) in [5.74, 6) is 6.28. The van der Waals surface area contributed by atoms with Crippen molar-refractivity contribution in [2.45, 2.75) is 26.7 Å². The van der Waals surface area contributed by atoms with E-state index in [1.165, 1.54) is 0 Å². The number of fused-ring (bicyclic) bond motifs is 1. The Morgan fingerprint density at radius 1 is 1.14 bits per heavy atom. The molecule has 0 spiro atoms. The lowest BCUT2D eigenvalue weighted by Crippen LogP contribution is -2.28. The summed E-state index contributed by atoms with van der Waals surface area (Å²) >= 11 is 5.95. The van der Waals surface area contributed by atoms with Gasteiger partial charge in [-0.1, -0.05) is 37.4 Å². The highest BCUT2D eigenvalue weighted by molar-refractivity contribution is 6.30. The molecule has 1 aromatic carbocycles. The third-order valence-corrected chi connectivity index (χ3v) is 3.95. The molecule has 110 valence electrons. The molecule has 0 radical (unpaired) electrons. The number of carbonyl (C=O) groups is 1. The number of aromatic nitrogens is 1. The van der Waals surface area contributed by atoms with Gasteiger partial charge in [0.15, 0.2) is 5.78 Å². The number of nitrogens with zero attached hydrogens (tertiary/aromatic N) is 1. The average Bonchev–Trinajstić information content (AvgIpc) is 2.43. The highest BCUT2D eigenvalue weighted by atomic mass is 35.5. The first kappa shape index (κ1) is 14.8. The van der Waals surface area contributed by atoms with E-state index < -0.39 is 0 Å². The van der Waals surface area contributed by atoms with E-state index in [-0.39, 0.29) is 11.2 Å². The maximum absolute atomic E-state index is 12.1. The van der Waals surface area contributed by atoms with Crippen molar-refractivity contribution in [2.24, 2.45) is 5.41 Å². The number of ketones is 1. The normalized spacial score (nSPS) is 15.7. The van der Waals surface area contributed by atoms with Crippen molar-refractivity contribution in [3.8, 4) is 11.8 Å². The van der Waals surface area contributed by atoms with E-state index in [2.05, 4.69) is 30.7 Å². The summed E-state index contributed by atoms with van der Waals surface area (Å²) in [6, 6.07) is 11.1. The summed E-state index contributed by atoms with van der Waals surface area (Å²) in [7, 11) is 0. The van der Waals surface area contributed by atoms with Crippen LogP contribution in [0.5, 0.6) is 0 Å². The number of benzene rings is 1. The molecule has 1 heterocycles. The second-order valence-corrected chi connectivity index (χ2v) is 6.83. The summed E-state index contributed by atoms with van der Waals surface area (Å²) in [6.45, 7) is 4.19. The minimum Gasteiger partial charge on any atom is -0.294 e. The molecular weight excluding hydrogens is 294 g/mol. The first-order chi connectivity index (χ1) is 10.4. The minimum atomic E-state index is -0.0317. The summed E-state index contributed by atoms with van der Waals surface area (Å²) in [4.78, 5) is 16.7. The zero-order chi connectivity index (χ0) is 15.7. The lowest BCUT2D eigenvalue weighted by Gasteiger charge is -2.29. The van der Waals surface area contributed by atoms with Crippen molar-refractivity contribution in [2.75, 3.05) is 0 Å². The fraction of sp³-hybridized carbons (Fsp3) is 0.263. The van der Waals surface area contributed by atoms with Crippen LogP contribution in [0.2, 0.25) is 5.02 Å². The number of hydrogen-bond acceptors (Lipinski definition) is 2. The van der Waals surface area contributed by atoms with Gasteiger partial charge in [-0.15, -0.1) is 0 Å². The van der Waals surface area contributed by atoms with Gasteiger partial charge in [0.25, 0.3) is 0 Å². The summed E-state index contributed by atoms with van der Waals surface area (Å²) < 4.78 is 0. The zero-order valence-corrected chi connectivity index (χ0v) is 13.4. The molecule has 0 saturated carbocycles. The van der Waals surface area contributed by atoms with Crippen LogP contribution in [0.4, 0.5) is 0 Å². The van der Waals surface area contributed by atoms with Gasteiger partial charge in [-0.3, -0.25) is 4.79 Å². The van der Waals surface area contributed by atoms with E-state index in [0.717, 1.165) is 23.2 Å². The van der Waals surface area contributed by atoms with Gasteiger partial charge in [-0.25, -0.2) is 4.98 Å². The highest BCUT2D eigenvalue weighted by Crippen LogP contribution is 2.33. The van der Waals surface area contributed by atoms with Gasteiger partial charge in [0.1, 0.15) is 5.69 Å². The minimum absolute atomic E-state index is 0.0317. The van der Waals surface area contributed by atoms with E-state index in [0.29, 0.717) is 17.1 Å². The molecule has 0 aliphatic heterocycles. The lowest BCUT2D eigenvalue weighted by atomic mass is 9.75. The van der Waals surface area contributed by atoms with Gasteiger partial charge < -0.3 is 0 Å². The number of carbonyl (C=O) groups excluding carboxylic acids is 1. The third-order valence-electron chi connectivity index (χ3n) is 3.72. The second kappa shape index (κ2) is 5.59. The maximum Gasteiger partial charge on any atom is 0.165 e. The molecule has 22 heavy (non-hydrogen) atoms. The average molecular weight is 310 g/mol. The largest absolute Gasteiger partial charge is 0.294 e. The van der Waals surface area contributed by atoms with Crippen molar-refractivity contribution in [3.63, 3.8) is 0 Å². The fourth-order valence-electron chi connectivity index (χ4n) is 2.71. The van der Waals surface area contributed by atoms with Crippen LogP contribution >= 0.6 is 11.6 Å². The van der Waals surface area contributed by atoms with Crippen LogP contribution in [-0.2, 0) is 6.42 Å². The van der Waals surface area contributed by atoms with E-state index in [4.69, 9.17) is 11.6 Å². The molecule has 0 N–H and O–H groups in total. The van der Waals surface area contributed by atoms with Gasteiger partial charge >= 0.3 is 0 Å². The van der Waals surface area contributed by atoms with Crippen LogP contribution in [-0.4, -0.2) is 10.8 Å². The number of Topliss-reactive ketones (excluding diaryl/α,β-unsaturated/α-hetero) is 1. The van der Waals surface area contributed by atoms with Crippen LogP contribution in [0.3, 0.4) is 0 Å². The van der Waals surface area contributed by atoms with E-state index >= 15 is 0 Å². The van der Waals surface area contributed by atoms with Gasteiger partial charge in [0, 0.05) is 22.6 Å². The Bertz CT molecular complexity index is 812. The van der Waals surface area contributed by atoms with Crippen molar-refractivity contribution in [1.29, 1.82) is 0 Å². The molecule has 2 aromatic rings. The van der Waals surface area contributed by atoms with Gasteiger partial charge in [-0.2, -0.15) is 0 Å².